The van der Waals surface area contributed by atoms with Crippen LogP contribution in [-0.4, -0.2) is 0 Å². The van der Waals surface area contributed by atoms with Crippen molar-refractivity contribution < 1.29 is 44.8 Å². The van der Waals surface area contributed by atoms with Crippen LogP contribution in [0.15, 0.2) is 59.7 Å². The van der Waals surface area contributed by atoms with Gasteiger partial charge in [0.2, 0.25) is 0 Å². The Morgan fingerprint density at radius 3 is 1.52 bits per heavy atom. The van der Waals surface area contributed by atoms with Gasteiger partial charge in [-0.3, -0.25) is 0 Å². The van der Waals surface area contributed by atoms with E-state index in [2.05, 4.69) is 74.5 Å². The molecule has 0 amide bonds. The largest absolute Gasteiger partial charge is 1.00 e. The van der Waals surface area contributed by atoms with Gasteiger partial charge in [0.05, 0.1) is 0 Å². The SMILES string of the molecule is CCCC1=Cc2ccccc2[CH]1[Hf+2]1([CH]2C(CCC)=Cc3ccccc32)[CH]2CCCC[CH]21.[Cl-].[Cl-]. The fourth-order valence-corrected chi connectivity index (χ4v) is 43.7. The number of rotatable bonds is 6. The molecule has 4 unspecified atom stereocenters. The van der Waals surface area contributed by atoms with Crippen molar-refractivity contribution in [1.29, 1.82) is 0 Å². The van der Waals surface area contributed by atoms with E-state index >= 15 is 0 Å². The third kappa shape index (κ3) is 3.80. The van der Waals surface area contributed by atoms with Gasteiger partial charge in [0.25, 0.3) is 0 Å². The second-order valence-corrected chi connectivity index (χ2v) is 27.2. The van der Waals surface area contributed by atoms with Crippen molar-refractivity contribution in [2.75, 3.05) is 0 Å². The molecule has 1 saturated carbocycles. The van der Waals surface area contributed by atoms with Crippen molar-refractivity contribution in [1.82, 2.24) is 0 Å². The zero-order valence-electron chi connectivity index (χ0n) is 20.0. The van der Waals surface area contributed by atoms with Crippen molar-refractivity contribution in [3.63, 3.8) is 0 Å². The number of halogens is 2. The summed E-state index contributed by atoms with van der Waals surface area (Å²) < 4.78 is 3.92. The topological polar surface area (TPSA) is 0 Å². The standard InChI is InChI=1S/2C12H13.C6H10.2ClH.Hf/c2*1-2-5-10-8-11-6-3-4-7-12(11)9-10;1-2-4-6-5-3-1;;;/h2*3-4,6-9H,2,5H2,1H3;1-2H,3-6H2;2*1H;/q;;;;;+2/p-2. The molecule has 0 N–H and O–H groups in total. The average molecular weight is 646 g/mol. The fourth-order valence-electron chi connectivity index (χ4n) is 8.21. The Morgan fingerprint density at radius 2 is 1.09 bits per heavy atom. The van der Waals surface area contributed by atoms with Gasteiger partial charge in [-0.1, -0.05) is 0 Å². The van der Waals surface area contributed by atoms with E-state index in [4.69, 9.17) is 0 Å². The van der Waals surface area contributed by atoms with Gasteiger partial charge in [-0.05, 0) is 0 Å². The molecule has 174 valence electrons. The summed E-state index contributed by atoms with van der Waals surface area (Å²) in [5.74, 6) is 0. The number of hydrogen-bond donors (Lipinski definition) is 0. The van der Waals surface area contributed by atoms with Gasteiger partial charge in [-0.2, -0.15) is 0 Å². The molecule has 2 fully saturated rings. The first-order chi connectivity index (χ1) is 15.3. The molecule has 1 aliphatic heterocycles. The van der Waals surface area contributed by atoms with E-state index < -0.39 is 20.0 Å². The normalized spacial score (nSPS) is 28.8. The van der Waals surface area contributed by atoms with Gasteiger partial charge in [0.15, 0.2) is 0 Å². The maximum absolute atomic E-state index is 2.84. The van der Waals surface area contributed by atoms with Crippen molar-refractivity contribution in [3.05, 3.63) is 81.9 Å². The maximum atomic E-state index is 2.64. The van der Waals surface area contributed by atoms with Crippen LogP contribution in [0.3, 0.4) is 0 Å². The molecule has 0 radical (unpaired) electrons. The van der Waals surface area contributed by atoms with Gasteiger partial charge in [-0.25, -0.2) is 0 Å². The monoisotopic (exact) mass is 646 g/mol. The number of hydrogen-bond acceptors (Lipinski definition) is 0. The summed E-state index contributed by atoms with van der Waals surface area (Å²) in [4.78, 5) is 0. The van der Waals surface area contributed by atoms with Gasteiger partial charge in [-0.15, -0.1) is 0 Å². The van der Waals surface area contributed by atoms with E-state index in [-0.39, 0.29) is 24.8 Å². The fraction of sp³-hybridized carbons (Fsp3) is 0.467. The van der Waals surface area contributed by atoms with Crippen molar-refractivity contribution in [3.8, 4) is 0 Å². The van der Waals surface area contributed by atoms with E-state index in [1.165, 1.54) is 38.5 Å². The molecule has 1 saturated heterocycles. The van der Waals surface area contributed by atoms with Crippen LogP contribution in [0.2, 0.25) is 7.35 Å². The Balaban J connectivity index is 0.00000130. The molecule has 0 bridgehead atoms. The van der Waals surface area contributed by atoms with Crippen LogP contribution in [0.25, 0.3) is 12.2 Å². The Hall–Kier alpha value is -0.630. The Bertz CT molecular complexity index is 983. The first kappa shape index (κ1) is 25.5. The Labute approximate surface area is 217 Å². The minimum Gasteiger partial charge on any atom is -1.00 e. The predicted molar refractivity (Wildman–Crippen MR) is 130 cm³/mol. The zero-order valence-corrected chi connectivity index (χ0v) is 25.1. The minimum absolute atomic E-state index is 0. The molecule has 4 atom stereocenters. The molecule has 33 heavy (non-hydrogen) atoms. The van der Waals surface area contributed by atoms with Crippen molar-refractivity contribution >= 4 is 12.2 Å². The molecular weight excluding hydrogens is 610 g/mol. The van der Waals surface area contributed by atoms with Crippen LogP contribution < -0.4 is 24.8 Å². The molecule has 2 aromatic rings. The van der Waals surface area contributed by atoms with E-state index in [9.17, 15) is 0 Å². The number of benzene rings is 2. The van der Waals surface area contributed by atoms with Crippen LogP contribution in [0.5, 0.6) is 0 Å². The molecule has 2 aromatic carbocycles. The van der Waals surface area contributed by atoms with Crippen LogP contribution in [0, 0.1) is 0 Å². The summed E-state index contributed by atoms with van der Waals surface area (Å²) in [5.41, 5.74) is 10.3. The third-order valence-electron chi connectivity index (χ3n) is 9.06. The molecule has 0 nitrogen and oxygen atoms in total. The van der Waals surface area contributed by atoms with Gasteiger partial charge < -0.3 is 24.8 Å². The Morgan fingerprint density at radius 1 is 0.667 bits per heavy atom. The Kier molecular flexibility index (Phi) is 7.84. The van der Waals surface area contributed by atoms with E-state index in [0.717, 1.165) is 14.7 Å². The van der Waals surface area contributed by atoms with Crippen LogP contribution in [-0.2, 0) is 20.0 Å². The number of fused-ring (bicyclic) bond motifs is 3. The quantitative estimate of drug-likeness (QED) is 0.424. The molecule has 4 aliphatic rings. The van der Waals surface area contributed by atoms with Crippen molar-refractivity contribution in [2.45, 2.75) is 79.9 Å². The van der Waals surface area contributed by atoms with Gasteiger partial charge in [0.1, 0.15) is 0 Å². The maximum Gasteiger partial charge on any atom is -1.00 e. The summed E-state index contributed by atoms with van der Waals surface area (Å²) in [6.45, 7) is 4.77. The minimum atomic E-state index is -2.84. The van der Waals surface area contributed by atoms with Gasteiger partial charge in [0, 0.05) is 0 Å². The molecule has 1 heterocycles. The molecule has 0 aromatic heterocycles. The van der Waals surface area contributed by atoms with E-state index in [0.29, 0.717) is 0 Å². The van der Waals surface area contributed by atoms with Crippen molar-refractivity contribution in [2.24, 2.45) is 0 Å². The first-order valence-corrected chi connectivity index (χ1v) is 21.2. The van der Waals surface area contributed by atoms with Crippen LogP contribution >= 0.6 is 0 Å². The van der Waals surface area contributed by atoms with Crippen LogP contribution in [0.1, 0.15) is 94.8 Å². The van der Waals surface area contributed by atoms with E-state index in [1.807, 2.05) is 11.1 Å². The molecule has 6 rings (SSSR count). The summed E-state index contributed by atoms with van der Waals surface area (Å²) >= 11 is -2.84. The first-order valence-electron chi connectivity index (χ1n) is 12.9. The zero-order chi connectivity index (χ0) is 21.0. The number of allylic oxidation sites excluding steroid dienone is 2. The molecule has 0 spiro atoms. The summed E-state index contributed by atoms with van der Waals surface area (Å²) in [6, 6.07) is 19.0. The molecular formula is C30H36Cl2Hf. The summed E-state index contributed by atoms with van der Waals surface area (Å²) in [5, 5.41) is 0. The second-order valence-electron chi connectivity index (χ2n) is 10.6. The van der Waals surface area contributed by atoms with Crippen LogP contribution in [0.4, 0.5) is 0 Å². The summed E-state index contributed by atoms with van der Waals surface area (Å²) in [7, 11) is 0. The van der Waals surface area contributed by atoms with E-state index in [1.54, 1.807) is 35.1 Å². The smallest absolute Gasteiger partial charge is 1.00 e. The predicted octanol–water partition coefficient (Wildman–Crippen LogP) is 3.19. The summed E-state index contributed by atoms with van der Waals surface area (Å²) in [6.07, 6.45) is 16.5. The molecule has 3 heteroatoms. The second kappa shape index (κ2) is 10.2. The average Bonchev–Trinajstić information content (AvgIpc) is 3.10. The molecule has 3 aliphatic carbocycles. The van der Waals surface area contributed by atoms with Gasteiger partial charge >= 0.3 is 194 Å². The third-order valence-corrected chi connectivity index (χ3v) is 34.0.